The molecule has 86 valence electrons. The number of anilines is 1. The number of carbonyl (C=O) groups is 1. The van der Waals surface area contributed by atoms with Gasteiger partial charge in [0.25, 0.3) is 0 Å². The van der Waals surface area contributed by atoms with Crippen molar-refractivity contribution in [1.82, 2.24) is 0 Å². The highest BCUT2D eigenvalue weighted by Crippen LogP contribution is 2.25. The predicted molar refractivity (Wildman–Crippen MR) is 65.7 cm³/mol. The average molecular weight is 250 g/mol. The van der Waals surface area contributed by atoms with Crippen molar-refractivity contribution in [2.75, 3.05) is 5.73 Å². The van der Waals surface area contributed by atoms with Crippen molar-refractivity contribution >= 4 is 23.1 Å². The molecule has 0 saturated carbocycles. The van der Waals surface area contributed by atoms with Crippen LogP contribution in [0.3, 0.4) is 0 Å². The zero-order valence-electron chi connectivity index (χ0n) is 8.78. The zero-order chi connectivity index (χ0) is 12.4. The Morgan fingerprint density at radius 1 is 1.12 bits per heavy atom. The molecule has 0 aliphatic heterocycles. The van der Waals surface area contributed by atoms with Crippen LogP contribution in [0.5, 0.6) is 0 Å². The lowest BCUT2D eigenvalue weighted by Gasteiger charge is -2.05. The largest absolute Gasteiger partial charge is 0.398 e. The molecule has 2 N–H and O–H groups in total. The van der Waals surface area contributed by atoms with Crippen LogP contribution in [0.15, 0.2) is 42.5 Å². The van der Waals surface area contributed by atoms with Crippen LogP contribution in [-0.2, 0) is 0 Å². The maximum atomic E-state index is 12.7. The lowest BCUT2D eigenvalue weighted by atomic mass is 10.0. The highest BCUT2D eigenvalue weighted by molar-refractivity contribution is 6.37. The second-order valence-electron chi connectivity index (χ2n) is 3.54. The minimum atomic E-state index is -0.389. The van der Waals surface area contributed by atoms with Gasteiger partial charge in [0.05, 0.1) is 10.7 Å². The lowest BCUT2D eigenvalue weighted by Crippen LogP contribution is -2.03. The van der Waals surface area contributed by atoms with Gasteiger partial charge in [-0.3, -0.25) is 4.79 Å². The number of ketones is 1. The van der Waals surface area contributed by atoms with Crippen LogP contribution in [0.25, 0.3) is 0 Å². The van der Waals surface area contributed by atoms with Gasteiger partial charge < -0.3 is 5.73 Å². The summed E-state index contributed by atoms with van der Waals surface area (Å²) in [5.41, 5.74) is 6.66. The summed E-state index contributed by atoms with van der Waals surface area (Å²) in [6.45, 7) is 0. The fraction of sp³-hybridized carbons (Fsp3) is 0. The molecule has 2 aromatic carbocycles. The molecule has 0 bridgehead atoms. The first-order valence-electron chi connectivity index (χ1n) is 4.94. The van der Waals surface area contributed by atoms with E-state index in [1.54, 1.807) is 18.2 Å². The number of carbonyl (C=O) groups excluding carboxylic acids is 1. The Kier molecular flexibility index (Phi) is 3.11. The molecule has 0 radical (unpaired) electrons. The lowest BCUT2D eigenvalue weighted by molar-refractivity contribution is 0.103. The van der Waals surface area contributed by atoms with Crippen LogP contribution in [0.2, 0.25) is 5.02 Å². The molecule has 17 heavy (non-hydrogen) atoms. The first-order valence-corrected chi connectivity index (χ1v) is 5.31. The summed E-state index contributed by atoms with van der Waals surface area (Å²) in [6.07, 6.45) is 0. The van der Waals surface area contributed by atoms with Crippen molar-refractivity contribution in [1.29, 1.82) is 0 Å². The van der Waals surface area contributed by atoms with E-state index in [1.807, 2.05) is 0 Å². The summed E-state index contributed by atoms with van der Waals surface area (Å²) < 4.78 is 12.7. The van der Waals surface area contributed by atoms with Gasteiger partial charge in [0.1, 0.15) is 5.82 Å². The molecule has 0 aromatic heterocycles. The molecule has 2 nitrogen and oxygen atoms in total. The summed E-state index contributed by atoms with van der Waals surface area (Å²) in [4.78, 5) is 12.1. The molecule has 0 amide bonds. The Bertz CT molecular complexity index is 566. The normalized spacial score (nSPS) is 10.2. The van der Waals surface area contributed by atoms with Crippen LogP contribution in [-0.4, -0.2) is 5.78 Å². The first kappa shape index (κ1) is 11.6. The predicted octanol–water partition coefficient (Wildman–Crippen LogP) is 3.29. The van der Waals surface area contributed by atoms with Gasteiger partial charge in [-0.25, -0.2) is 4.39 Å². The summed E-state index contributed by atoms with van der Waals surface area (Å²) in [7, 11) is 0. The van der Waals surface area contributed by atoms with E-state index < -0.39 is 0 Å². The van der Waals surface area contributed by atoms with Crippen molar-refractivity contribution in [2.24, 2.45) is 0 Å². The van der Waals surface area contributed by atoms with Crippen LogP contribution in [0.1, 0.15) is 15.9 Å². The highest BCUT2D eigenvalue weighted by Gasteiger charge is 2.14. The van der Waals surface area contributed by atoms with Gasteiger partial charge >= 0.3 is 0 Å². The molecule has 0 spiro atoms. The number of hydrogen-bond acceptors (Lipinski definition) is 2. The second kappa shape index (κ2) is 4.55. The Labute approximate surface area is 103 Å². The van der Waals surface area contributed by atoms with Crippen LogP contribution in [0.4, 0.5) is 10.1 Å². The van der Waals surface area contributed by atoms with Gasteiger partial charge in [-0.1, -0.05) is 17.7 Å². The molecule has 0 fully saturated rings. The fourth-order valence-corrected chi connectivity index (χ4v) is 1.69. The third-order valence-electron chi connectivity index (χ3n) is 2.38. The number of benzene rings is 2. The van der Waals surface area contributed by atoms with Crippen LogP contribution >= 0.6 is 11.6 Å². The first-order chi connectivity index (χ1) is 8.09. The minimum Gasteiger partial charge on any atom is -0.398 e. The fourth-order valence-electron chi connectivity index (χ4n) is 1.48. The molecule has 0 atom stereocenters. The van der Waals surface area contributed by atoms with E-state index in [9.17, 15) is 9.18 Å². The molecule has 4 heteroatoms. The van der Waals surface area contributed by atoms with E-state index >= 15 is 0 Å². The molecule has 2 aromatic rings. The summed E-state index contributed by atoms with van der Waals surface area (Å²) >= 11 is 5.95. The van der Waals surface area contributed by atoms with Gasteiger partial charge in [0.15, 0.2) is 5.78 Å². The molecular weight excluding hydrogens is 241 g/mol. The van der Waals surface area contributed by atoms with Crippen LogP contribution in [0, 0.1) is 5.82 Å². The van der Waals surface area contributed by atoms with Crippen molar-refractivity contribution in [3.63, 3.8) is 0 Å². The topological polar surface area (TPSA) is 43.1 Å². The van der Waals surface area contributed by atoms with Crippen molar-refractivity contribution in [3.05, 3.63) is 64.4 Å². The van der Waals surface area contributed by atoms with Crippen LogP contribution < -0.4 is 5.73 Å². The summed E-state index contributed by atoms with van der Waals surface area (Å²) in [6, 6.07) is 10.1. The Morgan fingerprint density at radius 2 is 1.76 bits per heavy atom. The van der Waals surface area contributed by atoms with Crippen molar-refractivity contribution < 1.29 is 9.18 Å². The molecular formula is C13H9ClFNO. The van der Waals surface area contributed by atoms with Gasteiger partial charge in [-0.05, 0) is 36.4 Å². The maximum Gasteiger partial charge on any atom is 0.194 e. The number of hydrogen-bond donors (Lipinski definition) is 1. The maximum absolute atomic E-state index is 12.7. The average Bonchev–Trinajstić information content (AvgIpc) is 2.33. The number of rotatable bonds is 2. The molecule has 0 aliphatic carbocycles. The molecule has 0 aliphatic rings. The molecule has 2 rings (SSSR count). The monoisotopic (exact) mass is 249 g/mol. The Hall–Kier alpha value is -1.87. The van der Waals surface area contributed by atoms with E-state index in [2.05, 4.69) is 0 Å². The Balaban J connectivity index is 2.44. The van der Waals surface area contributed by atoms with E-state index in [1.165, 1.54) is 24.3 Å². The van der Waals surface area contributed by atoms with E-state index in [0.29, 0.717) is 16.8 Å². The van der Waals surface area contributed by atoms with Gasteiger partial charge in [-0.15, -0.1) is 0 Å². The van der Waals surface area contributed by atoms with Crippen molar-refractivity contribution in [2.45, 2.75) is 0 Å². The number of halogens is 2. The molecule has 0 saturated heterocycles. The SMILES string of the molecule is Nc1cccc(C(=O)c2ccc(F)cc2)c1Cl. The smallest absolute Gasteiger partial charge is 0.194 e. The number of nitrogens with two attached hydrogens (primary N) is 1. The number of nitrogen functional groups attached to an aromatic ring is 1. The van der Waals surface area contributed by atoms with Gasteiger partial charge in [-0.2, -0.15) is 0 Å². The van der Waals surface area contributed by atoms with E-state index in [4.69, 9.17) is 17.3 Å². The van der Waals surface area contributed by atoms with E-state index in [0.717, 1.165) is 0 Å². The third kappa shape index (κ3) is 2.29. The quantitative estimate of drug-likeness (QED) is 0.656. The second-order valence-corrected chi connectivity index (χ2v) is 3.92. The summed E-state index contributed by atoms with van der Waals surface area (Å²) in [5, 5.41) is 0.224. The minimum absolute atomic E-state index is 0.224. The van der Waals surface area contributed by atoms with Gasteiger partial charge in [0, 0.05) is 11.1 Å². The molecule has 0 heterocycles. The van der Waals surface area contributed by atoms with Crippen molar-refractivity contribution in [3.8, 4) is 0 Å². The highest BCUT2D eigenvalue weighted by atomic mass is 35.5. The zero-order valence-corrected chi connectivity index (χ0v) is 9.54. The third-order valence-corrected chi connectivity index (χ3v) is 2.80. The Morgan fingerprint density at radius 3 is 2.41 bits per heavy atom. The molecule has 0 unspecified atom stereocenters. The van der Waals surface area contributed by atoms with E-state index in [-0.39, 0.29) is 16.6 Å². The van der Waals surface area contributed by atoms with Gasteiger partial charge in [0.2, 0.25) is 0 Å². The summed E-state index contributed by atoms with van der Waals surface area (Å²) in [5.74, 6) is -0.664. The standard InChI is InChI=1S/C13H9ClFNO/c14-12-10(2-1-3-11(12)16)13(17)8-4-6-9(15)7-5-8/h1-7H,16H2.